The minimum absolute atomic E-state index is 0.0857. The van der Waals surface area contributed by atoms with Gasteiger partial charge in [-0.25, -0.2) is 0 Å². The Kier molecular flexibility index (Phi) is 7.48. The van der Waals surface area contributed by atoms with Crippen LogP contribution in [0.3, 0.4) is 0 Å². The lowest BCUT2D eigenvalue weighted by Crippen LogP contribution is -2.65. The predicted octanol–water partition coefficient (Wildman–Crippen LogP) is 4.73. The minimum Gasteiger partial charge on any atom is -0.633 e. The number of benzene rings is 3. The average molecular weight is 487 g/mol. The molecule has 6 nitrogen and oxygen atoms in total. The third-order valence-corrected chi connectivity index (χ3v) is 7.43. The lowest BCUT2D eigenvalue weighted by molar-refractivity contribution is -0.887. The van der Waals surface area contributed by atoms with E-state index in [0.29, 0.717) is 45.6 Å². The van der Waals surface area contributed by atoms with E-state index >= 15 is 0 Å². The molecule has 2 aliphatic rings. The lowest BCUT2D eigenvalue weighted by Gasteiger charge is -2.54. The van der Waals surface area contributed by atoms with Gasteiger partial charge in [0.15, 0.2) is 6.10 Å². The van der Waals surface area contributed by atoms with Crippen molar-refractivity contribution in [2.24, 2.45) is 0 Å². The van der Waals surface area contributed by atoms with Crippen molar-refractivity contribution in [3.05, 3.63) is 107 Å². The highest BCUT2D eigenvalue weighted by Gasteiger charge is 2.49. The normalized spacial score (nSPS) is 26.3. The number of quaternary nitrogens is 1. The van der Waals surface area contributed by atoms with Crippen LogP contribution in [-0.2, 0) is 27.3 Å². The van der Waals surface area contributed by atoms with Crippen LogP contribution in [0.15, 0.2) is 91.0 Å². The van der Waals surface area contributed by atoms with Crippen LogP contribution in [0.4, 0.5) is 5.69 Å². The summed E-state index contributed by atoms with van der Waals surface area (Å²) < 4.78 is 12.2. The summed E-state index contributed by atoms with van der Waals surface area (Å²) in [6.45, 7) is 2.60. The fourth-order valence-electron chi connectivity index (χ4n) is 5.25. The van der Waals surface area contributed by atoms with E-state index < -0.39 is 11.7 Å². The van der Waals surface area contributed by atoms with E-state index in [-0.39, 0.29) is 17.2 Å². The molecule has 1 amide bonds. The molecular weight excluding hydrogens is 452 g/mol. The Labute approximate surface area is 213 Å². The van der Waals surface area contributed by atoms with Crippen LogP contribution < -0.4 is 4.90 Å². The van der Waals surface area contributed by atoms with Crippen molar-refractivity contribution in [3.8, 4) is 0 Å². The Hall–Kier alpha value is -3.03. The first-order chi connectivity index (χ1) is 17.5. The number of rotatable bonds is 8. The zero-order chi connectivity index (χ0) is 24.8. The highest BCUT2D eigenvalue weighted by molar-refractivity contribution is 5.97. The molecule has 0 bridgehead atoms. The van der Waals surface area contributed by atoms with Gasteiger partial charge in [0.25, 0.3) is 5.91 Å². The number of carbonyl (C=O) groups excluding carboxylic acids is 1. The van der Waals surface area contributed by atoms with Gasteiger partial charge in [-0.2, -0.15) is 0 Å². The standard InChI is InChI=1S/C30H34N2O4/c33-29-28(23-35-22-26-12-6-2-7-13-26)36-30(24-31(29)27-14-8-3-9-15-27)17-20-32(34,21-18-30)19-16-25-10-4-1-5-11-25/h1-15,28H,16-24H2. The van der Waals surface area contributed by atoms with Gasteiger partial charge in [-0.15, -0.1) is 0 Å². The summed E-state index contributed by atoms with van der Waals surface area (Å²) >= 11 is 0. The summed E-state index contributed by atoms with van der Waals surface area (Å²) in [6, 6.07) is 29.8. The molecule has 1 unspecified atom stereocenters. The molecule has 1 spiro atoms. The summed E-state index contributed by atoms with van der Waals surface area (Å²) in [7, 11) is 0. The van der Waals surface area contributed by atoms with Gasteiger partial charge in [-0.1, -0.05) is 78.9 Å². The number of ether oxygens (including phenoxy) is 2. The van der Waals surface area contributed by atoms with Crippen LogP contribution in [0.2, 0.25) is 0 Å². The van der Waals surface area contributed by atoms with E-state index in [2.05, 4.69) is 12.1 Å². The van der Waals surface area contributed by atoms with E-state index in [1.54, 1.807) is 0 Å². The first kappa shape index (κ1) is 24.7. The second kappa shape index (κ2) is 10.9. The topological polar surface area (TPSA) is 61.8 Å². The molecule has 0 N–H and O–H groups in total. The second-order valence-electron chi connectivity index (χ2n) is 10.0. The fraction of sp³-hybridized carbons (Fsp3) is 0.367. The highest BCUT2D eigenvalue weighted by atomic mass is 16.6. The van der Waals surface area contributed by atoms with E-state index in [9.17, 15) is 10.0 Å². The van der Waals surface area contributed by atoms with Crippen molar-refractivity contribution in [1.82, 2.24) is 0 Å². The van der Waals surface area contributed by atoms with Gasteiger partial charge in [0.05, 0.1) is 45.0 Å². The average Bonchev–Trinajstić information content (AvgIpc) is 2.93. The molecule has 3 aromatic rings. The molecule has 0 aliphatic carbocycles. The first-order valence-corrected chi connectivity index (χ1v) is 12.8. The maximum Gasteiger partial charge on any atom is 0.258 e. The van der Waals surface area contributed by atoms with Crippen molar-refractivity contribution >= 4 is 11.6 Å². The number of carbonyl (C=O) groups is 1. The number of hydroxylamine groups is 3. The largest absolute Gasteiger partial charge is 0.633 e. The van der Waals surface area contributed by atoms with Crippen LogP contribution in [-0.4, -0.2) is 55.0 Å². The fourth-order valence-corrected chi connectivity index (χ4v) is 5.25. The van der Waals surface area contributed by atoms with Gasteiger partial charge in [-0.3, -0.25) is 4.79 Å². The third-order valence-electron chi connectivity index (χ3n) is 7.43. The maximum atomic E-state index is 13.5. The van der Waals surface area contributed by atoms with Gasteiger partial charge in [0.2, 0.25) is 0 Å². The molecule has 2 heterocycles. The van der Waals surface area contributed by atoms with Crippen molar-refractivity contribution < 1.29 is 18.9 Å². The molecule has 5 rings (SSSR count). The predicted molar refractivity (Wildman–Crippen MR) is 140 cm³/mol. The van der Waals surface area contributed by atoms with E-state index in [0.717, 1.165) is 17.7 Å². The van der Waals surface area contributed by atoms with Crippen molar-refractivity contribution in [1.29, 1.82) is 0 Å². The summed E-state index contributed by atoms with van der Waals surface area (Å²) in [5.74, 6) is -0.0857. The molecular formula is C30H34N2O4. The molecule has 188 valence electrons. The number of nitrogens with zero attached hydrogens (tertiary/aromatic N) is 2. The summed E-state index contributed by atoms with van der Waals surface area (Å²) in [4.78, 5) is 15.3. The Morgan fingerprint density at radius 3 is 2.11 bits per heavy atom. The SMILES string of the molecule is O=C1C(COCc2ccccc2)OC2(CC[N+]([O-])(CCc3ccccc3)CC2)CN1c1ccccc1. The molecule has 0 aromatic heterocycles. The number of likely N-dealkylation sites (tertiary alicyclic amines) is 1. The van der Waals surface area contributed by atoms with Crippen LogP contribution in [0.1, 0.15) is 24.0 Å². The van der Waals surface area contributed by atoms with Gasteiger partial charge in [0, 0.05) is 24.9 Å². The quantitative estimate of drug-likeness (QED) is 0.341. The number of amides is 1. The van der Waals surface area contributed by atoms with E-state index in [4.69, 9.17) is 9.47 Å². The molecule has 0 saturated carbocycles. The summed E-state index contributed by atoms with van der Waals surface area (Å²) in [5.41, 5.74) is 2.57. The molecule has 2 aliphatic heterocycles. The van der Waals surface area contributed by atoms with Crippen molar-refractivity contribution in [2.75, 3.05) is 37.7 Å². The number of para-hydroxylation sites is 1. The Balaban J connectivity index is 1.27. The van der Waals surface area contributed by atoms with Crippen LogP contribution >= 0.6 is 0 Å². The van der Waals surface area contributed by atoms with Gasteiger partial charge in [-0.05, 0) is 23.3 Å². The summed E-state index contributed by atoms with van der Waals surface area (Å²) in [5, 5.41) is 13.5. The first-order valence-electron chi connectivity index (χ1n) is 12.8. The third kappa shape index (κ3) is 5.85. The molecule has 2 saturated heterocycles. The minimum atomic E-state index is -0.696. The van der Waals surface area contributed by atoms with E-state index in [1.165, 1.54) is 5.56 Å². The second-order valence-corrected chi connectivity index (χ2v) is 10.0. The smallest absolute Gasteiger partial charge is 0.258 e. The summed E-state index contributed by atoms with van der Waals surface area (Å²) in [6.07, 6.45) is 1.32. The zero-order valence-corrected chi connectivity index (χ0v) is 20.6. The monoisotopic (exact) mass is 486 g/mol. The molecule has 0 radical (unpaired) electrons. The van der Waals surface area contributed by atoms with Crippen LogP contribution in [0.5, 0.6) is 0 Å². The number of hydrogen-bond acceptors (Lipinski definition) is 4. The zero-order valence-electron chi connectivity index (χ0n) is 20.6. The lowest BCUT2D eigenvalue weighted by atomic mass is 9.87. The van der Waals surface area contributed by atoms with Crippen LogP contribution in [0, 0.1) is 5.21 Å². The highest BCUT2D eigenvalue weighted by Crippen LogP contribution is 2.37. The molecule has 6 heteroatoms. The number of hydrogen-bond donors (Lipinski definition) is 0. The van der Waals surface area contributed by atoms with Crippen molar-refractivity contribution in [3.63, 3.8) is 0 Å². The molecule has 1 atom stereocenters. The Morgan fingerprint density at radius 2 is 1.47 bits per heavy atom. The Bertz CT molecular complexity index is 1120. The van der Waals surface area contributed by atoms with Gasteiger partial charge in [0.1, 0.15) is 0 Å². The number of piperidine rings is 1. The molecule has 3 aromatic carbocycles. The number of morpholine rings is 1. The van der Waals surface area contributed by atoms with E-state index in [1.807, 2.05) is 83.8 Å². The van der Waals surface area contributed by atoms with Crippen molar-refractivity contribution in [2.45, 2.75) is 37.6 Å². The maximum absolute atomic E-state index is 13.5. The molecule has 2 fully saturated rings. The molecule has 36 heavy (non-hydrogen) atoms. The van der Waals surface area contributed by atoms with Gasteiger partial charge >= 0.3 is 0 Å². The Morgan fingerprint density at radius 1 is 0.889 bits per heavy atom. The van der Waals surface area contributed by atoms with Crippen LogP contribution in [0.25, 0.3) is 0 Å². The van der Waals surface area contributed by atoms with Gasteiger partial charge < -0.3 is 24.2 Å². The number of anilines is 1.